The summed E-state index contributed by atoms with van der Waals surface area (Å²) < 4.78 is 17.2. The summed E-state index contributed by atoms with van der Waals surface area (Å²) in [6.07, 6.45) is 11.5. The number of fused-ring (bicyclic) bond motifs is 1. The first-order chi connectivity index (χ1) is 16.0. The van der Waals surface area contributed by atoms with Gasteiger partial charge in [-0.05, 0) is 36.1 Å². The number of hydrogen-bond donors (Lipinski definition) is 1. The third kappa shape index (κ3) is 5.07. The van der Waals surface area contributed by atoms with Crippen LogP contribution in [0.1, 0.15) is 43.8 Å². The van der Waals surface area contributed by atoms with Gasteiger partial charge in [0.25, 0.3) is 0 Å². The fraction of sp³-hybridized carbons (Fsp3) is 0.600. The molecule has 2 fully saturated rings. The molecule has 5 nitrogen and oxygen atoms in total. The number of aliphatic hydroxyl groups excluding tert-OH is 1. The topological polar surface area (TPSA) is 45.2 Å². The molecule has 1 N–H and O–H groups in total. The molecular formula is C25H36BBrN2O3P+. The molecule has 178 valence electrons. The summed E-state index contributed by atoms with van der Waals surface area (Å²) in [5.74, 6) is 0. The molecule has 2 radical (unpaired) electrons. The maximum Gasteiger partial charge on any atom is 0.409 e. The van der Waals surface area contributed by atoms with Gasteiger partial charge < -0.3 is 14.6 Å². The molecule has 0 aromatic heterocycles. The number of rotatable bonds is 9. The lowest BCUT2D eigenvalue weighted by Gasteiger charge is -2.41. The first-order valence-corrected chi connectivity index (χ1v) is 14.6. The van der Waals surface area contributed by atoms with E-state index in [1.54, 1.807) is 14.2 Å². The molecule has 2 aliphatic carbocycles. The van der Waals surface area contributed by atoms with Crippen molar-refractivity contribution in [3.8, 4) is 0 Å². The number of halogens is 1. The Kier molecular flexibility index (Phi) is 8.89. The van der Waals surface area contributed by atoms with Crippen molar-refractivity contribution in [1.29, 1.82) is 0 Å². The van der Waals surface area contributed by atoms with Crippen molar-refractivity contribution in [2.45, 2.75) is 56.0 Å². The highest BCUT2D eigenvalue weighted by molar-refractivity contribution is 9.10. The zero-order valence-electron chi connectivity index (χ0n) is 19.8. The normalized spacial score (nSPS) is 28.5. The van der Waals surface area contributed by atoms with Crippen LogP contribution in [0.25, 0.3) is 0 Å². The molecule has 33 heavy (non-hydrogen) atoms. The van der Waals surface area contributed by atoms with Gasteiger partial charge in [0.1, 0.15) is 19.2 Å². The average Bonchev–Trinajstić information content (AvgIpc) is 3.09. The molecule has 1 unspecified atom stereocenters. The van der Waals surface area contributed by atoms with E-state index in [4.69, 9.17) is 17.0 Å². The van der Waals surface area contributed by atoms with E-state index in [0.717, 1.165) is 35.1 Å². The van der Waals surface area contributed by atoms with Crippen molar-refractivity contribution in [3.63, 3.8) is 0 Å². The van der Waals surface area contributed by atoms with Crippen LogP contribution in [0, 0.1) is 0 Å². The van der Waals surface area contributed by atoms with E-state index in [2.05, 4.69) is 43.5 Å². The Balaban J connectivity index is 1.65. The molecule has 1 aliphatic heterocycles. The molecule has 8 heteroatoms. The Morgan fingerprint density at radius 1 is 1.09 bits per heavy atom. The molecule has 1 saturated heterocycles. The molecule has 4 rings (SSSR count). The minimum absolute atomic E-state index is 0.161. The van der Waals surface area contributed by atoms with Gasteiger partial charge in [0.2, 0.25) is 0 Å². The van der Waals surface area contributed by atoms with Gasteiger partial charge in [-0.3, -0.25) is 0 Å². The second kappa shape index (κ2) is 11.5. The number of methoxy groups -OCH3 is 2. The molecule has 1 aromatic rings. The summed E-state index contributed by atoms with van der Waals surface area (Å²) >= 11 is 3.61. The number of ether oxygens (including phenoxy) is 2. The zero-order valence-corrected chi connectivity index (χ0v) is 22.3. The van der Waals surface area contributed by atoms with Crippen molar-refractivity contribution < 1.29 is 14.6 Å². The quantitative estimate of drug-likeness (QED) is 0.361. The molecule has 1 heterocycles. The highest BCUT2D eigenvalue weighted by Crippen LogP contribution is 2.73. The zero-order chi connectivity index (χ0) is 23.4. The summed E-state index contributed by atoms with van der Waals surface area (Å²) in [6.45, 7) is 3.06. The molecular weight excluding hydrogens is 498 g/mol. The van der Waals surface area contributed by atoms with E-state index in [1.807, 2.05) is 24.3 Å². The van der Waals surface area contributed by atoms with Gasteiger partial charge in [-0.2, -0.15) is 9.34 Å². The molecule has 4 atom stereocenters. The summed E-state index contributed by atoms with van der Waals surface area (Å²) in [6, 6.07) is 8.85. The maximum atomic E-state index is 11.3. The molecule has 3 aliphatic rings. The van der Waals surface area contributed by atoms with Crippen molar-refractivity contribution >= 4 is 30.9 Å². The SMILES string of the molecule is [B][P+]1(C2C=CC=C([C@@H](O)c3ccccc3Br)C2)N(CCOC)[C@@H]2CCCC[C@H]2N1CCOC. The van der Waals surface area contributed by atoms with Crippen LogP contribution in [0.2, 0.25) is 0 Å². The van der Waals surface area contributed by atoms with Crippen molar-refractivity contribution in [2.75, 3.05) is 40.5 Å². The Morgan fingerprint density at radius 3 is 2.27 bits per heavy atom. The summed E-state index contributed by atoms with van der Waals surface area (Å²) in [5.41, 5.74) is 2.08. The summed E-state index contributed by atoms with van der Waals surface area (Å²) in [4.78, 5) is 0. The van der Waals surface area contributed by atoms with E-state index >= 15 is 0 Å². The largest absolute Gasteiger partial charge is 0.409 e. The van der Waals surface area contributed by atoms with Crippen LogP contribution < -0.4 is 0 Å². The number of aliphatic hydroxyl groups is 1. The van der Waals surface area contributed by atoms with Gasteiger partial charge in [0, 0.05) is 25.1 Å². The van der Waals surface area contributed by atoms with E-state index in [0.29, 0.717) is 25.3 Å². The van der Waals surface area contributed by atoms with Gasteiger partial charge in [0.05, 0.1) is 38.4 Å². The third-order valence-electron chi connectivity index (χ3n) is 7.46. The van der Waals surface area contributed by atoms with E-state index in [-0.39, 0.29) is 5.66 Å². The van der Waals surface area contributed by atoms with Crippen LogP contribution in [0.3, 0.4) is 0 Å². The molecule has 0 amide bonds. The maximum absolute atomic E-state index is 11.3. The molecule has 1 aromatic carbocycles. The predicted molar refractivity (Wildman–Crippen MR) is 141 cm³/mol. The fourth-order valence-electron chi connectivity index (χ4n) is 5.86. The Bertz CT molecular complexity index is 846. The first kappa shape index (κ1) is 25.6. The van der Waals surface area contributed by atoms with E-state index < -0.39 is 13.5 Å². The Morgan fingerprint density at radius 2 is 1.70 bits per heavy atom. The van der Waals surface area contributed by atoms with Crippen LogP contribution in [0.5, 0.6) is 0 Å². The van der Waals surface area contributed by atoms with Crippen LogP contribution in [0.4, 0.5) is 0 Å². The number of nitrogens with zero attached hydrogens (tertiary/aromatic N) is 2. The molecule has 1 saturated carbocycles. The van der Waals surface area contributed by atoms with E-state index in [9.17, 15) is 5.11 Å². The van der Waals surface area contributed by atoms with Crippen LogP contribution >= 0.6 is 23.4 Å². The van der Waals surface area contributed by atoms with Crippen LogP contribution in [-0.4, -0.2) is 80.3 Å². The predicted octanol–water partition coefficient (Wildman–Crippen LogP) is 4.89. The van der Waals surface area contributed by atoms with E-state index in [1.165, 1.54) is 25.7 Å². The first-order valence-electron chi connectivity index (χ1n) is 12.0. The second-order valence-electron chi connectivity index (χ2n) is 9.25. The van der Waals surface area contributed by atoms with Gasteiger partial charge in [-0.15, -0.1) is 0 Å². The van der Waals surface area contributed by atoms with Crippen molar-refractivity contribution in [3.05, 3.63) is 58.1 Å². The minimum Gasteiger partial charge on any atom is -0.384 e. The standard InChI is InChI=1S/C25H36BBrN2O3P/c1-31-16-14-28-23-12-5-6-13-24(23)29(15-17-32-2)33(28,26)20-9-7-8-19(18-20)25(30)21-10-3-4-11-22(21)27/h3-4,7-11,20,23-25,30H,5-6,12-18H2,1-2H3/q+1/t20?,23-,24-,25-/m1/s1. The lowest BCUT2D eigenvalue weighted by molar-refractivity contribution is 0.136. The van der Waals surface area contributed by atoms with Crippen molar-refractivity contribution in [1.82, 2.24) is 9.34 Å². The lowest BCUT2D eigenvalue weighted by atomic mass is 9.90. The highest BCUT2D eigenvalue weighted by atomic mass is 79.9. The average molecular weight is 534 g/mol. The minimum atomic E-state index is -2.20. The lowest BCUT2D eigenvalue weighted by Crippen LogP contribution is -2.41. The number of allylic oxidation sites excluding steroid dienone is 3. The Hall–Kier alpha value is -0.525. The highest BCUT2D eigenvalue weighted by Gasteiger charge is 2.63. The van der Waals surface area contributed by atoms with Gasteiger partial charge in [-0.1, -0.05) is 59.1 Å². The van der Waals surface area contributed by atoms with Crippen molar-refractivity contribution in [2.24, 2.45) is 0 Å². The van der Waals surface area contributed by atoms with Gasteiger partial charge in [-0.25, -0.2) is 0 Å². The van der Waals surface area contributed by atoms with Crippen LogP contribution in [-0.2, 0) is 9.47 Å². The number of benzene rings is 1. The monoisotopic (exact) mass is 533 g/mol. The molecule has 0 spiro atoms. The smallest absolute Gasteiger partial charge is 0.384 e. The Labute approximate surface area is 209 Å². The summed E-state index contributed by atoms with van der Waals surface area (Å²) in [5, 5.41) is 11.3. The van der Waals surface area contributed by atoms with Crippen LogP contribution in [0.15, 0.2) is 52.5 Å². The molecule has 0 bridgehead atoms. The fourth-order valence-corrected chi connectivity index (χ4v) is 10.5. The third-order valence-corrected chi connectivity index (χ3v) is 12.2. The van der Waals surface area contributed by atoms with Gasteiger partial charge >= 0.3 is 7.57 Å². The number of hydrogen-bond acceptors (Lipinski definition) is 5. The second-order valence-corrected chi connectivity index (χ2v) is 13.2. The van der Waals surface area contributed by atoms with Gasteiger partial charge in [0.15, 0.2) is 0 Å². The summed E-state index contributed by atoms with van der Waals surface area (Å²) in [7, 11) is 8.91.